The number of halogens is 3. The van der Waals surface area contributed by atoms with Gasteiger partial charge in [-0.25, -0.2) is 0 Å². The van der Waals surface area contributed by atoms with E-state index in [4.69, 9.17) is 0 Å². The van der Waals surface area contributed by atoms with Crippen molar-refractivity contribution < 1.29 is 22.9 Å². The fourth-order valence-corrected chi connectivity index (χ4v) is 4.13. The van der Waals surface area contributed by atoms with Crippen molar-refractivity contribution in [2.75, 3.05) is 49.1 Å². The Morgan fingerprint density at radius 2 is 1.71 bits per heavy atom. The Morgan fingerprint density at radius 3 is 2.39 bits per heavy atom. The van der Waals surface area contributed by atoms with Crippen LogP contribution in [0.4, 0.5) is 30.2 Å². The first-order chi connectivity index (χ1) is 14.7. The molecule has 0 bridgehead atoms. The van der Waals surface area contributed by atoms with Gasteiger partial charge in [-0.2, -0.15) is 13.2 Å². The Bertz CT molecular complexity index is 1000. The molecular formula is C21H21F3N4O3. The van der Waals surface area contributed by atoms with Crippen molar-refractivity contribution in [3.8, 4) is 0 Å². The van der Waals surface area contributed by atoms with E-state index >= 15 is 0 Å². The summed E-state index contributed by atoms with van der Waals surface area (Å²) >= 11 is 0. The summed E-state index contributed by atoms with van der Waals surface area (Å²) in [7, 11) is 0. The quantitative estimate of drug-likeness (QED) is 0.546. The summed E-state index contributed by atoms with van der Waals surface area (Å²) in [5, 5.41) is 11.4. The van der Waals surface area contributed by atoms with E-state index in [1.165, 1.54) is 0 Å². The molecule has 2 heterocycles. The third-order valence-corrected chi connectivity index (χ3v) is 5.76. The van der Waals surface area contributed by atoms with E-state index in [1.807, 2.05) is 29.2 Å². The number of fused-ring (bicyclic) bond motifs is 1. The number of para-hydroxylation sites is 1. The standard InChI is InChI=1S/C21H21F3N4O3/c22-21(23,24)16-5-6-18(19(13-16)28(30)31)26-11-9-25(10-12-26)14-20(29)27-8-7-15-3-1-2-4-17(15)27/h1-6,13H,7-12,14H2. The molecule has 1 amide bonds. The minimum atomic E-state index is -4.64. The summed E-state index contributed by atoms with van der Waals surface area (Å²) in [5.74, 6) is -0.00101. The van der Waals surface area contributed by atoms with Crippen LogP contribution in [-0.4, -0.2) is 55.0 Å². The van der Waals surface area contributed by atoms with E-state index in [2.05, 4.69) is 0 Å². The van der Waals surface area contributed by atoms with Gasteiger partial charge in [0.05, 0.1) is 17.0 Å². The number of alkyl halides is 3. The van der Waals surface area contributed by atoms with Gasteiger partial charge in [-0.1, -0.05) is 18.2 Å². The highest BCUT2D eigenvalue weighted by molar-refractivity contribution is 5.96. The van der Waals surface area contributed by atoms with Crippen LogP contribution in [0, 0.1) is 10.1 Å². The second-order valence-electron chi connectivity index (χ2n) is 7.65. The normalized spacial score (nSPS) is 17.0. The summed E-state index contributed by atoms with van der Waals surface area (Å²) < 4.78 is 38.8. The van der Waals surface area contributed by atoms with E-state index in [1.54, 1.807) is 9.80 Å². The molecule has 0 aliphatic carbocycles. The third kappa shape index (κ3) is 4.34. The number of benzene rings is 2. The van der Waals surface area contributed by atoms with Gasteiger partial charge < -0.3 is 9.80 Å². The molecule has 2 aliphatic rings. The van der Waals surface area contributed by atoms with E-state index < -0.39 is 22.4 Å². The number of piperazine rings is 1. The number of rotatable bonds is 4. The predicted octanol–water partition coefficient (Wildman–Crippen LogP) is 3.32. The molecule has 1 saturated heterocycles. The monoisotopic (exact) mass is 434 g/mol. The van der Waals surface area contributed by atoms with Crippen LogP contribution in [0.15, 0.2) is 42.5 Å². The molecule has 0 atom stereocenters. The maximum absolute atomic E-state index is 12.9. The first kappa shape index (κ1) is 21.1. The fraction of sp³-hybridized carbons (Fsp3) is 0.381. The van der Waals surface area contributed by atoms with Crippen LogP contribution in [0.25, 0.3) is 0 Å². The molecule has 10 heteroatoms. The van der Waals surface area contributed by atoms with Crippen LogP contribution in [0.5, 0.6) is 0 Å². The lowest BCUT2D eigenvalue weighted by molar-refractivity contribution is -0.384. The van der Waals surface area contributed by atoms with Gasteiger partial charge in [-0.15, -0.1) is 0 Å². The largest absolute Gasteiger partial charge is 0.416 e. The highest BCUT2D eigenvalue weighted by Crippen LogP contribution is 2.36. The molecule has 0 saturated carbocycles. The molecule has 0 unspecified atom stereocenters. The molecule has 0 aromatic heterocycles. The van der Waals surface area contributed by atoms with Crippen molar-refractivity contribution in [2.45, 2.75) is 12.6 Å². The van der Waals surface area contributed by atoms with Crippen molar-refractivity contribution in [1.82, 2.24) is 4.90 Å². The highest BCUT2D eigenvalue weighted by atomic mass is 19.4. The predicted molar refractivity (Wildman–Crippen MR) is 109 cm³/mol. The molecule has 0 radical (unpaired) electrons. The highest BCUT2D eigenvalue weighted by Gasteiger charge is 2.34. The first-order valence-electron chi connectivity index (χ1n) is 9.95. The number of anilines is 2. The second kappa shape index (κ2) is 8.18. The van der Waals surface area contributed by atoms with E-state index in [0.29, 0.717) is 38.8 Å². The van der Waals surface area contributed by atoms with Crippen LogP contribution in [0.3, 0.4) is 0 Å². The molecule has 2 aromatic carbocycles. The maximum atomic E-state index is 12.9. The molecule has 7 nitrogen and oxygen atoms in total. The van der Waals surface area contributed by atoms with Crippen molar-refractivity contribution >= 4 is 23.0 Å². The summed E-state index contributed by atoms with van der Waals surface area (Å²) in [4.78, 5) is 28.8. The van der Waals surface area contributed by atoms with Crippen molar-refractivity contribution in [3.63, 3.8) is 0 Å². The molecule has 0 N–H and O–H groups in total. The number of hydrogen-bond donors (Lipinski definition) is 0. The Morgan fingerprint density at radius 1 is 1.00 bits per heavy atom. The van der Waals surface area contributed by atoms with Crippen LogP contribution < -0.4 is 9.80 Å². The molecule has 1 fully saturated rings. The number of hydrogen-bond acceptors (Lipinski definition) is 5. The zero-order valence-electron chi connectivity index (χ0n) is 16.6. The van der Waals surface area contributed by atoms with Gasteiger partial charge in [0.2, 0.25) is 5.91 Å². The number of amides is 1. The average Bonchev–Trinajstić information content (AvgIpc) is 3.17. The zero-order chi connectivity index (χ0) is 22.2. The van der Waals surface area contributed by atoms with Gasteiger partial charge in [0, 0.05) is 44.5 Å². The molecule has 0 spiro atoms. The van der Waals surface area contributed by atoms with Gasteiger partial charge in [-0.05, 0) is 30.2 Å². The van der Waals surface area contributed by atoms with Gasteiger partial charge in [-0.3, -0.25) is 19.8 Å². The molecule has 164 valence electrons. The average molecular weight is 434 g/mol. The van der Waals surface area contributed by atoms with Crippen molar-refractivity contribution in [3.05, 3.63) is 63.7 Å². The van der Waals surface area contributed by atoms with E-state index in [0.717, 1.165) is 29.8 Å². The Balaban J connectivity index is 1.40. The third-order valence-electron chi connectivity index (χ3n) is 5.76. The smallest absolute Gasteiger partial charge is 0.363 e. The second-order valence-corrected chi connectivity index (χ2v) is 7.65. The van der Waals surface area contributed by atoms with Crippen LogP contribution in [-0.2, 0) is 17.4 Å². The lowest BCUT2D eigenvalue weighted by Gasteiger charge is -2.36. The van der Waals surface area contributed by atoms with Gasteiger partial charge >= 0.3 is 6.18 Å². The Hall–Kier alpha value is -3.14. The summed E-state index contributed by atoms with van der Waals surface area (Å²) in [6, 6.07) is 10.4. The molecule has 4 rings (SSSR count). The van der Waals surface area contributed by atoms with E-state index in [9.17, 15) is 28.1 Å². The minimum Gasteiger partial charge on any atom is -0.363 e. The zero-order valence-corrected chi connectivity index (χ0v) is 16.6. The molecule has 31 heavy (non-hydrogen) atoms. The molecular weight excluding hydrogens is 413 g/mol. The van der Waals surface area contributed by atoms with E-state index in [-0.39, 0.29) is 18.1 Å². The first-order valence-corrected chi connectivity index (χ1v) is 9.95. The summed E-state index contributed by atoms with van der Waals surface area (Å²) in [5.41, 5.74) is 0.644. The topological polar surface area (TPSA) is 69.9 Å². The van der Waals surface area contributed by atoms with Crippen molar-refractivity contribution in [1.29, 1.82) is 0 Å². The Kier molecular flexibility index (Phi) is 5.57. The summed E-state index contributed by atoms with van der Waals surface area (Å²) in [6.07, 6.45) is -3.82. The Labute approximate surface area is 176 Å². The van der Waals surface area contributed by atoms with Gasteiger partial charge in [0.1, 0.15) is 5.69 Å². The molecule has 2 aliphatic heterocycles. The van der Waals surface area contributed by atoms with Crippen LogP contribution in [0.1, 0.15) is 11.1 Å². The van der Waals surface area contributed by atoms with Crippen molar-refractivity contribution in [2.24, 2.45) is 0 Å². The lowest BCUT2D eigenvalue weighted by atomic mass is 10.1. The number of carbonyl (C=O) groups excluding carboxylic acids is 1. The number of nitro groups is 1. The van der Waals surface area contributed by atoms with Gasteiger partial charge in [0.15, 0.2) is 0 Å². The lowest BCUT2D eigenvalue weighted by Crippen LogP contribution is -2.50. The van der Waals surface area contributed by atoms with Crippen LogP contribution in [0.2, 0.25) is 0 Å². The van der Waals surface area contributed by atoms with Crippen LogP contribution >= 0.6 is 0 Å². The van der Waals surface area contributed by atoms with Gasteiger partial charge in [0.25, 0.3) is 5.69 Å². The number of carbonyl (C=O) groups is 1. The fourth-order valence-electron chi connectivity index (χ4n) is 4.13. The summed E-state index contributed by atoms with van der Waals surface area (Å²) in [6.45, 7) is 2.62. The SMILES string of the molecule is O=C(CN1CCN(c2ccc(C(F)(F)F)cc2[N+](=O)[O-])CC1)N1CCc2ccccc21. The maximum Gasteiger partial charge on any atom is 0.416 e. The molecule has 2 aromatic rings. The number of nitrogens with zero attached hydrogens (tertiary/aromatic N) is 4. The number of nitro benzene ring substituents is 1. The minimum absolute atomic E-state index is 0.00101.